The molecule has 0 spiro atoms. The summed E-state index contributed by atoms with van der Waals surface area (Å²) in [6, 6.07) is 0. The molecule has 82 valence electrons. The second kappa shape index (κ2) is 4.93. The number of carbonyl (C=O) groups excluding carboxylic acids is 1. The van der Waals surface area contributed by atoms with Crippen LogP contribution in [0.2, 0.25) is 0 Å². The van der Waals surface area contributed by atoms with Crippen molar-refractivity contribution in [3.8, 4) is 0 Å². The van der Waals surface area contributed by atoms with Gasteiger partial charge in [-0.25, -0.2) is 9.78 Å². The molecule has 0 saturated carbocycles. The van der Waals surface area contributed by atoms with Crippen molar-refractivity contribution in [1.29, 1.82) is 0 Å². The highest BCUT2D eigenvalue weighted by molar-refractivity contribution is 7.16. The molecular weight excluding hydrogens is 212 g/mol. The summed E-state index contributed by atoms with van der Waals surface area (Å²) in [6.45, 7) is 9.51. The molecule has 5 heteroatoms. The maximum atomic E-state index is 11.5. The molecule has 1 N–H and O–H groups in total. The summed E-state index contributed by atoms with van der Waals surface area (Å²) in [4.78, 5) is 15.6. The first-order chi connectivity index (χ1) is 7.04. The van der Waals surface area contributed by atoms with Gasteiger partial charge in [-0.2, -0.15) is 0 Å². The highest BCUT2D eigenvalue weighted by Gasteiger charge is 2.17. The van der Waals surface area contributed by atoms with Crippen molar-refractivity contribution in [2.24, 2.45) is 0 Å². The van der Waals surface area contributed by atoms with E-state index in [0.29, 0.717) is 17.3 Å². The fourth-order valence-corrected chi connectivity index (χ4v) is 1.93. The Labute approximate surface area is 93.0 Å². The summed E-state index contributed by atoms with van der Waals surface area (Å²) in [6.07, 6.45) is 0. The third-order valence-corrected chi connectivity index (χ3v) is 2.42. The predicted octanol–water partition coefficient (Wildman–Crippen LogP) is 2.57. The Balaban J connectivity index is 2.95. The van der Waals surface area contributed by atoms with Crippen LogP contribution < -0.4 is 5.32 Å². The van der Waals surface area contributed by atoms with Gasteiger partial charge < -0.3 is 10.1 Å². The second-order valence-electron chi connectivity index (χ2n) is 3.04. The van der Waals surface area contributed by atoms with E-state index in [-0.39, 0.29) is 0 Å². The molecule has 1 rings (SSSR count). The van der Waals surface area contributed by atoms with Crippen LogP contribution in [-0.2, 0) is 4.74 Å². The van der Waals surface area contributed by atoms with E-state index in [1.54, 1.807) is 6.92 Å². The van der Waals surface area contributed by atoms with Crippen molar-refractivity contribution in [1.82, 2.24) is 4.98 Å². The smallest absolute Gasteiger partial charge is 0.360 e. The monoisotopic (exact) mass is 226 g/mol. The normalized spacial score (nSPS) is 9.80. The topological polar surface area (TPSA) is 51.2 Å². The molecule has 15 heavy (non-hydrogen) atoms. The molecule has 0 aromatic carbocycles. The zero-order valence-electron chi connectivity index (χ0n) is 9.09. The van der Waals surface area contributed by atoms with Crippen LogP contribution in [-0.4, -0.2) is 17.6 Å². The van der Waals surface area contributed by atoms with Crippen LogP contribution in [0.3, 0.4) is 0 Å². The van der Waals surface area contributed by atoms with Gasteiger partial charge in [-0.3, -0.25) is 0 Å². The molecule has 1 heterocycles. The largest absolute Gasteiger partial charge is 0.461 e. The first-order valence-corrected chi connectivity index (χ1v) is 5.43. The van der Waals surface area contributed by atoms with E-state index in [2.05, 4.69) is 16.9 Å². The molecule has 0 aliphatic carbocycles. The van der Waals surface area contributed by atoms with Crippen LogP contribution >= 0.6 is 11.3 Å². The molecule has 0 atom stereocenters. The lowest BCUT2D eigenvalue weighted by atomic mass is 10.4. The Morgan fingerprint density at radius 3 is 2.87 bits per heavy atom. The van der Waals surface area contributed by atoms with E-state index in [1.165, 1.54) is 11.3 Å². The minimum Gasteiger partial charge on any atom is -0.461 e. The van der Waals surface area contributed by atoms with Gasteiger partial charge in [0.05, 0.1) is 11.6 Å². The number of nitrogens with one attached hydrogen (secondary N) is 1. The van der Waals surface area contributed by atoms with E-state index in [0.717, 1.165) is 10.7 Å². The minimum absolute atomic E-state index is 0.336. The van der Waals surface area contributed by atoms with Gasteiger partial charge in [-0.15, -0.1) is 11.3 Å². The van der Waals surface area contributed by atoms with Crippen LogP contribution in [0.4, 0.5) is 5.00 Å². The van der Waals surface area contributed by atoms with E-state index in [1.807, 2.05) is 13.8 Å². The molecule has 0 fully saturated rings. The molecule has 0 saturated heterocycles. The molecular formula is C10H14N2O2S. The molecule has 0 unspecified atom stereocenters. The van der Waals surface area contributed by atoms with Gasteiger partial charge in [0, 0.05) is 5.70 Å². The predicted molar refractivity (Wildman–Crippen MR) is 61.2 cm³/mol. The lowest BCUT2D eigenvalue weighted by Crippen LogP contribution is -2.08. The lowest BCUT2D eigenvalue weighted by Gasteiger charge is -2.04. The Morgan fingerprint density at radius 2 is 2.33 bits per heavy atom. The SMILES string of the molecule is C=C(C)Nc1sc(C)nc1C(=O)OCC. The van der Waals surface area contributed by atoms with Gasteiger partial charge >= 0.3 is 5.97 Å². The maximum Gasteiger partial charge on any atom is 0.360 e. The summed E-state index contributed by atoms with van der Waals surface area (Å²) in [5.41, 5.74) is 1.10. The van der Waals surface area contributed by atoms with E-state index in [9.17, 15) is 4.79 Å². The van der Waals surface area contributed by atoms with Crippen molar-refractivity contribution in [2.75, 3.05) is 11.9 Å². The number of allylic oxidation sites excluding steroid dienone is 1. The quantitative estimate of drug-likeness (QED) is 0.802. The van der Waals surface area contributed by atoms with Crippen molar-refractivity contribution >= 4 is 22.3 Å². The number of aryl methyl sites for hydroxylation is 1. The maximum absolute atomic E-state index is 11.5. The van der Waals surface area contributed by atoms with Crippen LogP contribution in [0.25, 0.3) is 0 Å². The number of esters is 1. The summed E-state index contributed by atoms with van der Waals surface area (Å²) >= 11 is 1.41. The van der Waals surface area contributed by atoms with Gasteiger partial charge in [0.2, 0.25) is 0 Å². The average Bonchev–Trinajstić information content (AvgIpc) is 2.46. The minimum atomic E-state index is -0.398. The van der Waals surface area contributed by atoms with Crippen LogP contribution in [0.15, 0.2) is 12.3 Å². The van der Waals surface area contributed by atoms with Crippen molar-refractivity contribution < 1.29 is 9.53 Å². The first kappa shape index (κ1) is 11.7. The molecule has 1 aromatic rings. The highest BCUT2D eigenvalue weighted by atomic mass is 32.1. The summed E-state index contributed by atoms with van der Waals surface area (Å²) in [5.74, 6) is -0.398. The lowest BCUT2D eigenvalue weighted by molar-refractivity contribution is 0.0521. The Hall–Kier alpha value is -1.36. The number of rotatable bonds is 4. The fraction of sp³-hybridized carbons (Fsp3) is 0.400. The zero-order chi connectivity index (χ0) is 11.4. The summed E-state index contributed by atoms with van der Waals surface area (Å²) < 4.78 is 4.90. The fourth-order valence-electron chi connectivity index (χ4n) is 1.04. The van der Waals surface area contributed by atoms with Crippen LogP contribution in [0, 0.1) is 6.92 Å². The summed E-state index contributed by atoms with van der Waals surface area (Å²) in [5, 5.41) is 4.51. The number of carbonyl (C=O) groups is 1. The summed E-state index contributed by atoms with van der Waals surface area (Å²) in [7, 11) is 0. The van der Waals surface area contributed by atoms with Gasteiger partial charge in [0.25, 0.3) is 0 Å². The molecule has 0 aliphatic rings. The van der Waals surface area contributed by atoms with E-state index < -0.39 is 5.97 Å². The number of nitrogens with zero attached hydrogens (tertiary/aromatic N) is 1. The van der Waals surface area contributed by atoms with Crippen LogP contribution in [0.1, 0.15) is 29.3 Å². The number of aromatic nitrogens is 1. The van der Waals surface area contributed by atoms with Crippen molar-refractivity contribution in [3.63, 3.8) is 0 Å². The Bertz CT molecular complexity index is 385. The number of hydrogen-bond acceptors (Lipinski definition) is 5. The van der Waals surface area contributed by atoms with Gasteiger partial charge in [-0.1, -0.05) is 6.58 Å². The Morgan fingerprint density at radius 1 is 1.67 bits per heavy atom. The molecule has 1 aromatic heterocycles. The average molecular weight is 226 g/mol. The zero-order valence-corrected chi connectivity index (χ0v) is 9.90. The highest BCUT2D eigenvalue weighted by Crippen LogP contribution is 2.25. The first-order valence-electron chi connectivity index (χ1n) is 4.61. The number of anilines is 1. The standard InChI is InChI=1S/C10H14N2O2S/c1-5-14-10(13)8-9(11-6(2)3)15-7(4)12-8/h11H,2,5H2,1,3-4H3. The molecule has 4 nitrogen and oxygen atoms in total. The van der Waals surface area contributed by atoms with Crippen LogP contribution in [0.5, 0.6) is 0 Å². The molecule has 0 bridgehead atoms. The third kappa shape index (κ3) is 3.06. The van der Waals surface area contributed by atoms with Crippen molar-refractivity contribution in [3.05, 3.63) is 23.0 Å². The van der Waals surface area contributed by atoms with Gasteiger partial charge in [-0.05, 0) is 20.8 Å². The molecule has 0 aliphatic heterocycles. The number of ether oxygens (including phenoxy) is 1. The molecule has 0 amide bonds. The van der Waals surface area contributed by atoms with E-state index in [4.69, 9.17) is 4.74 Å². The van der Waals surface area contributed by atoms with Gasteiger partial charge in [0.15, 0.2) is 5.69 Å². The Kier molecular flexibility index (Phi) is 3.85. The van der Waals surface area contributed by atoms with E-state index >= 15 is 0 Å². The van der Waals surface area contributed by atoms with Gasteiger partial charge in [0.1, 0.15) is 5.00 Å². The third-order valence-electron chi connectivity index (χ3n) is 1.53. The number of hydrogen-bond donors (Lipinski definition) is 1. The second-order valence-corrected chi connectivity index (χ2v) is 4.24. The van der Waals surface area contributed by atoms with Crippen molar-refractivity contribution in [2.45, 2.75) is 20.8 Å². The number of thiazole rings is 1. The molecule has 0 radical (unpaired) electrons.